The fourth-order valence-electron chi connectivity index (χ4n) is 0.991. The van der Waals surface area contributed by atoms with E-state index in [1.54, 1.807) is 0 Å². The molecule has 60 valence electrons. The molecule has 1 rings (SSSR count). The van der Waals surface area contributed by atoms with Gasteiger partial charge < -0.3 is 0 Å². The van der Waals surface area contributed by atoms with Crippen LogP contribution in [0.15, 0.2) is 16.6 Å². The highest BCUT2D eigenvalue weighted by molar-refractivity contribution is 9.10. The van der Waals surface area contributed by atoms with Crippen molar-refractivity contribution in [2.75, 3.05) is 0 Å². The standard InChI is InChI=1S/C9H10BrCl/c1-3-7-4-5-8(10)6(2)9(7)11/h4-5H,3H2,1-2H3. The van der Waals surface area contributed by atoms with E-state index in [1.165, 1.54) is 5.56 Å². The second-order valence-electron chi connectivity index (χ2n) is 2.50. The quantitative estimate of drug-likeness (QED) is 0.688. The largest absolute Gasteiger partial charge is 0.0837 e. The molecule has 0 bridgehead atoms. The van der Waals surface area contributed by atoms with E-state index in [-0.39, 0.29) is 0 Å². The van der Waals surface area contributed by atoms with Crippen LogP contribution in [0.4, 0.5) is 0 Å². The lowest BCUT2D eigenvalue weighted by Gasteiger charge is -2.05. The Labute approximate surface area is 80.7 Å². The predicted molar refractivity (Wildman–Crippen MR) is 53.3 cm³/mol. The van der Waals surface area contributed by atoms with E-state index < -0.39 is 0 Å². The highest BCUT2D eigenvalue weighted by Gasteiger charge is 2.03. The van der Waals surface area contributed by atoms with Crippen molar-refractivity contribution < 1.29 is 0 Å². The van der Waals surface area contributed by atoms with Crippen molar-refractivity contribution >= 4 is 27.5 Å². The van der Waals surface area contributed by atoms with Gasteiger partial charge in [0.25, 0.3) is 0 Å². The second-order valence-corrected chi connectivity index (χ2v) is 3.73. The van der Waals surface area contributed by atoms with Crippen LogP contribution in [0.5, 0.6) is 0 Å². The van der Waals surface area contributed by atoms with Crippen LogP contribution in [0.1, 0.15) is 18.1 Å². The molecule has 0 aromatic heterocycles. The molecule has 0 spiro atoms. The molecule has 0 atom stereocenters. The lowest BCUT2D eigenvalue weighted by molar-refractivity contribution is 1.13. The Morgan fingerprint density at radius 1 is 1.45 bits per heavy atom. The molecule has 1 aromatic rings. The molecule has 2 heteroatoms. The summed E-state index contributed by atoms with van der Waals surface area (Å²) in [6.07, 6.45) is 0.993. The molecule has 0 saturated heterocycles. The first-order chi connectivity index (χ1) is 5.16. The molecule has 0 N–H and O–H groups in total. The molecule has 11 heavy (non-hydrogen) atoms. The highest BCUT2D eigenvalue weighted by Crippen LogP contribution is 2.27. The number of rotatable bonds is 1. The van der Waals surface area contributed by atoms with E-state index in [4.69, 9.17) is 11.6 Å². The molecule has 0 saturated carbocycles. The van der Waals surface area contributed by atoms with E-state index in [0.717, 1.165) is 21.5 Å². The van der Waals surface area contributed by atoms with Gasteiger partial charge in [-0.3, -0.25) is 0 Å². The smallest absolute Gasteiger partial charge is 0.0478 e. The molecule has 0 aliphatic rings. The van der Waals surface area contributed by atoms with Gasteiger partial charge in [0.1, 0.15) is 0 Å². The summed E-state index contributed by atoms with van der Waals surface area (Å²) in [5.74, 6) is 0. The summed E-state index contributed by atoms with van der Waals surface area (Å²) >= 11 is 9.49. The predicted octanol–water partition coefficient (Wildman–Crippen LogP) is 3.97. The Morgan fingerprint density at radius 3 is 2.64 bits per heavy atom. The number of hydrogen-bond acceptors (Lipinski definition) is 0. The zero-order valence-corrected chi connectivity index (χ0v) is 8.96. The molecule has 0 aliphatic carbocycles. The second kappa shape index (κ2) is 3.59. The van der Waals surface area contributed by atoms with Gasteiger partial charge in [0.2, 0.25) is 0 Å². The maximum Gasteiger partial charge on any atom is 0.0478 e. The first-order valence-corrected chi connectivity index (χ1v) is 4.77. The first kappa shape index (κ1) is 9.08. The van der Waals surface area contributed by atoms with Gasteiger partial charge in [-0.15, -0.1) is 0 Å². The van der Waals surface area contributed by atoms with Crippen molar-refractivity contribution in [3.8, 4) is 0 Å². The van der Waals surface area contributed by atoms with Gasteiger partial charge in [0.15, 0.2) is 0 Å². The third-order valence-corrected chi connectivity index (χ3v) is 3.17. The molecule has 0 heterocycles. The Bertz CT molecular complexity index is 269. The number of benzene rings is 1. The van der Waals surface area contributed by atoms with E-state index in [1.807, 2.05) is 13.0 Å². The average Bonchev–Trinajstić information content (AvgIpc) is 2.01. The number of halogens is 2. The first-order valence-electron chi connectivity index (χ1n) is 3.60. The van der Waals surface area contributed by atoms with Gasteiger partial charge in [0, 0.05) is 9.50 Å². The van der Waals surface area contributed by atoms with Crippen molar-refractivity contribution in [2.45, 2.75) is 20.3 Å². The van der Waals surface area contributed by atoms with Crippen LogP contribution >= 0.6 is 27.5 Å². The van der Waals surface area contributed by atoms with Crippen LogP contribution in [0.25, 0.3) is 0 Å². The summed E-state index contributed by atoms with van der Waals surface area (Å²) in [6.45, 7) is 4.13. The van der Waals surface area contributed by atoms with Crippen LogP contribution in [-0.4, -0.2) is 0 Å². The molecular weight excluding hydrogens is 223 g/mol. The SMILES string of the molecule is CCc1ccc(Br)c(C)c1Cl. The van der Waals surface area contributed by atoms with Crippen molar-refractivity contribution in [1.82, 2.24) is 0 Å². The van der Waals surface area contributed by atoms with Crippen LogP contribution in [0.3, 0.4) is 0 Å². The fourth-order valence-corrected chi connectivity index (χ4v) is 1.73. The normalized spacial score (nSPS) is 10.2. The molecule has 0 nitrogen and oxygen atoms in total. The molecule has 0 amide bonds. The van der Waals surface area contributed by atoms with Crippen LogP contribution < -0.4 is 0 Å². The summed E-state index contributed by atoms with van der Waals surface area (Å²) < 4.78 is 1.08. The van der Waals surface area contributed by atoms with Crippen LogP contribution in [0, 0.1) is 6.92 Å². The third kappa shape index (κ3) is 1.77. The fraction of sp³-hybridized carbons (Fsp3) is 0.333. The topological polar surface area (TPSA) is 0 Å². The van der Waals surface area contributed by atoms with Gasteiger partial charge in [0.05, 0.1) is 0 Å². The van der Waals surface area contributed by atoms with Crippen molar-refractivity contribution in [3.63, 3.8) is 0 Å². The molecule has 1 aromatic carbocycles. The zero-order chi connectivity index (χ0) is 8.43. The lowest BCUT2D eigenvalue weighted by Crippen LogP contribution is -1.86. The highest BCUT2D eigenvalue weighted by atomic mass is 79.9. The lowest BCUT2D eigenvalue weighted by atomic mass is 10.1. The summed E-state index contributed by atoms with van der Waals surface area (Å²) in [4.78, 5) is 0. The van der Waals surface area contributed by atoms with Gasteiger partial charge in [-0.1, -0.05) is 40.5 Å². The van der Waals surface area contributed by atoms with Crippen LogP contribution in [-0.2, 0) is 6.42 Å². The Balaban J connectivity index is 3.25. The minimum absolute atomic E-state index is 0.891. The van der Waals surface area contributed by atoms with Gasteiger partial charge in [-0.25, -0.2) is 0 Å². The molecule has 0 aliphatic heterocycles. The van der Waals surface area contributed by atoms with Gasteiger partial charge >= 0.3 is 0 Å². The monoisotopic (exact) mass is 232 g/mol. The summed E-state index contributed by atoms with van der Waals surface area (Å²) in [5, 5.41) is 0.891. The Hall–Kier alpha value is -0.0100. The maximum atomic E-state index is 6.07. The van der Waals surface area contributed by atoms with E-state index >= 15 is 0 Å². The van der Waals surface area contributed by atoms with Crippen molar-refractivity contribution in [2.24, 2.45) is 0 Å². The average molecular weight is 234 g/mol. The number of hydrogen-bond donors (Lipinski definition) is 0. The minimum atomic E-state index is 0.891. The van der Waals surface area contributed by atoms with E-state index in [9.17, 15) is 0 Å². The molecule has 0 fully saturated rings. The molecule has 0 radical (unpaired) electrons. The minimum Gasteiger partial charge on any atom is -0.0837 e. The zero-order valence-electron chi connectivity index (χ0n) is 6.62. The third-order valence-electron chi connectivity index (χ3n) is 1.78. The summed E-state index contributed by atoms with van der Waals surface area (Å²) in [7, 11) is 0. The Morgan fingerprint density at radius 2 is 2.09 bits per heavy atom. The van der Waals surface area contributed by atoms with E-state index in [2.05, 4.69) is 28.9 Å². The van der Waals surface area contributed by atoms with E-state index in [0.29, 0.717) is 0 Å². The summed E-state index contributed by atoms with van der Waals surface area (Å²) in [5.41, 5.74) is 2.35. The van der Waals surface area contributed by atoms with Crippen molar-refractivity contribution in [3.05, 3.63) is 32.8 Å². The summed E-state index contributed by atoms with van der Waals surface area (Å²) in [6, 6.07) is 4.10. The Kier molecular flexibility index (Phi) is 2.97. The number of aryl methyl sites for hydroxylation is 1. The van der Waals surface area contributed by atoms with Gasteiger partial charge in [-0.05, 0) is 30.5 Å². The molecule has 0 unspecified atom stereocenters. The molecular formula is C9H10BrCl. The van der Waals surface area contributed by atoms with Crippen molar-refractivity contribution in [1.29, 1.82) is 0 Å². The van der Waals surface area contributed by atoms with Gasteiger partial charge in [-0.2, -0.15) is 0 Å². The maximum absolute atomic E-state index is 6.07. The van der Waals surface area contributed by atoms with Crippen LogP contribution in [0.2, 0.25) is 5.02 Å².